The SMILES string of the molecule is CCCN(C(=O)C(CS(=O)(=O)Cc1ccccc1)NC(=O)OC(C)(C)C)C(O)c1nc(C2CC2)no1. The molecule has 1 saturated carbocycles. The second kappa shape index (κ2) is 11.4. The molecule has 1 aliphatic carbocycles. The predicted molar refractivity (Wildman–Crippen MR) is 130 cm³/mol. The molecule has 36 heavy (non-hydrogen) atoms. The number of benzene rings is 1. The zero-order valence-corrected chi connectivity index (χ0v) is 21.8. The average molecular weight is 523 g/mol. The highest BCUT2D eigenvalue weighted by Gasteiger charge is 2.37. The maximum Gasteiger partial charge on any atom is 0.408 e. The Labute approximate surface area is 211 Å². The van der Waals surface area contributed by atoms with Gasteiger partial charge in [-0.3, -0.25) is 4.79 Å². The van der Waals surface area contributed by atoms with Crippen LogP contribution in [0.15, 0.2) is 34.9 Å². The van der Waals surface area contributed by atoms with Gasteiger partial charge in [0.1, 0.15) is 11.6 Å². The molecule has 2 unspecified atom stereocenters. The maximum absolute atomic E-state index is 13.6. The van der Waals surface area contributed by atoms with Crippen molar-refractivity contribution >= 4 is 21.8 Å². The highest BCUT2D eigenvalue weighted by Crippen LogP contribution is 2.38. The number of aliphatic hydroxyl groups is 1. The van der Waals surface area contributed by atoms with E-state index in [0.717, 1.165) is 17.7 Å². The molecule has 0 spiro atoms. The lowest BCUT2D eigenvalue weighted by molar-refractivity contribution is -0.145. The van der Waals surface area contributed by atoms with Crippen molar-refractivity contribution in [3.63, 3.8) is 0 Å². The zero-order chi connectivity index (χ0) is 26.5. The van der Waals surface area contributed by atoms with Crippen LogP contribution in [0.5, 0.6) is 0 Å². The van der Waals surface area contributed by atoms with E-state index in [1.165, 1.54) is 0 Å². The van der Waals surface area contributed by atoms with Gasteiger partial charge in [0.05, 0.1) is 11.5 Å². The molecular formula is C24H34N4O7S. The number of ether oxygens (including phenoxy) is 1. The predicted octanol–water partition coefficient (Wildman–Crippen LogP) is 2.68. The van der Waals surface area contributed by atoms with Crippen LogP contribution in [-0.4, -0.2) is 64.5 Å². The smallest absolute Gasteiger partial charge is 0.408 e. The molecule has 12 heteroatoms. The number of aromatic nitrogens is 2. The van der Waals surface area contributed by atoms with Crippen molar-refractivity contribution in [1.82, 2.24) is 20.4 Å². The van der Waals surface area contributed by atoms with Gasteiger partial charge in [0, 0.05) is 12.5 Å². The summed E-state index contributed by atoms with van der Waals surface area (Å²) in [7, 11) is -3.86. The van der Waals surface area contributed by atoms with E-state index in [4.69, 9.17) is 9.26 Å². The minimum absolute atomic E-state index is 0.0619. The molecular weight excluding hydrogens is 488 g/mol. The van der Waals surface area contributed by atoms with E-state index in [1.807, 2.05) is 0 Å². The normalized spacial score (nSPS) is 15.7. The van der Waals surface area contributed by atoms with Crippen molar-refractivity contribution in [2.75, 3.05) is 12.3 Å². The highest BCUT2D eigenvalue weighted by atomic mass is 32.2. The summed E-state index contributed by atoms with van der Waals surface area (Å²) in [5.74, 6) is -1.35. The van der Waals surface area contributed by atoms with Gasteiger partial charge >= 0.3 is 6.09 Å². The van der Waals surface area contributed by atoms with Crippen LogP contribution < -0.4 is 5.32 Å². The first-order valence-corrected chi connectivity index (χ1v) is 13.8. The topological polar surface area (TPSA) is 152 Å². The van der Waals surface area contributed by atoms with Crippen LogP contribution in [0.4, 0.5) is 4.79 Å². The lowest BCUT2D eigenvalue weighted by Crippen LogP contribution is -2.53. The summed E-state index contributed by atoms with van der Waals surface area (Å²) in [6.45, 7) is 6.80. The van der Waals surface area contributed by atoms with Gasteiger partial charge in [-0.15, -0.1) is 0 Å². The molecule has 198 valence electrons. The molecule has 2 atom stereocenters. The molecule has 11 nitrogen and oxygen atoms in total. The van der Waals surface area contributed by atoms with Crippen LogP contribution in [-0.2, 0) is 25.1 Å². The lowest BCUT2D eigenvalue weighted by atomic mass is 10.2. The Morgan fingerprint density at radius 1 is 1.25 bits per heavy atom. The number of amides is 2. The number of nitrogens with one attached hydrogen (secondary N) is 1. The fourth-order valence-corrected chi connectivity index (χ4v) is 5.10. The Balaban J connectivity index is 1.84. The van der Waals surface area contributed by atoms with E-state index >= 15 is 0 Å². The molecule has 1 aliphatic rings. The third kappa shape index (κ3) is 8.02. The number of carbonyl (C=O) groups is 2. The Bertz CT molecular complexity index is 1140. The summed E-state index contributed by atoms with van der Waals surface area (Å²) in [5.41, 5.74) is -0.323. The average Bonchev–Trinajstić information content (AvgIpc) is 3.51. The summed E-state index contributed by atoms with van der Waals surface area (Å²) in [6, 6.07) is 7.01. The molecule has 1 aromatic heterocycles. The molecule has 1 heterocycles. The first-order chi connectivity index (χ1) is 16.9. The summed E-state index contributed by atoms with van der Waals surface area (Å²) in [5, 5.41) is 17.2. The van der Waals surface area contributed by atoms with Gasteiger partial charge in [0.2, 0.25) is 12.1 Å². The Morgan fingerprint density at radius 3 is 2.50 bits per heavy atom. The maximum atomic E-state index is 13.6. The van der Waals surface area contributed by atoms with Crippen molar-refractivity contribution in [1.29, 1.82) is 0 Å². The van der Waals surface area contributed by atoms with E-state index in [1.54, 1.807) is 58.0 Å². The Morgan fingerprint density at radius 2 is 1.92 bits per heavy atom. The third-order valence-corrected chi connectivity index (χ3v) is 6.92. The van der Waals surface area contributed by atoms with Crippen LogP contribution in [0.1, 0.15) is 76.4 Å². The summed E-state index contributed by atoms with van der Waals surface area (Å²) in [4.78, 5) is 31.3. The molecule has 0 radical (unpaired) electrons. The molecule has 0 bridgehead atoms. The fourth-order valence-electron chi connectivity index (χ4n) is 3.55. The van der Waals surface area contributed by atoms with Gasteiger partial charge in [-0.25, -0.2) is 13.2 Å². The quantitative estimate of drug-likeness (QED) is 0.424. The van der Waals surface area contributed by atoms with E-state index in [-0.39, 0.29) is 24.1 Å². The number of rotatable bonds is 11. The van der Waals surface area contributed by atoms with Gasteiger partial charge < -0.3 is 24.6 Å². The Hall–Kier alpha value is -2.99. The van der Waals surface area contributed by atoms with Gasteiger partial charge in [-0.2, -0.15) is 4.98 Å². The second-order valence-electron chi connectivity index (χ2n) is 9.91. The van der Waals surface area contributed by atoms with E-state index < -0.39 is 45.5 Å². The first kappa shape index (κ1) is 27.6. The van der Waals surface area contributed by atoms with Gasteiger partial charge in [0.25, 0.3) is 5.89 Å². The van der Waals surface area contributed by atoms with Gasteiger partial charge in [-0.1, -0.05) is 42.4 Å². The number of nitrogens with zero attached hydrogens (tertiary/aromatic N) is 3. The largest absolute Gasteiger partial charge is 0.444 e. The standard InChI is InChI=1S/C24H34N4O7S/c1-5-13-28(22(30)20-26-19(27-35-20)17-11-12-17)21(29)18(25-23(31)34-24(2,3)4)15-36(32,33)14-16-9-7-6-8-10-16/h6-10,17-18,22,30H,5,11-15H2,1-4H3,(H,25,31). The summed E-state index contributed by atoms with van der Waals surface area (Å²) >= 11 is 0. The number of hydrogen-bond donors (Lipinski definition) is 2. The zero-order valence-electron chi connectivity index (χ0n) is 21.0. The molecule has 1 aromatic carbocycles. The van der Waals surface area contributed by atoms with Gasteiger partial charge in [0.15, 0.2) is 15.7 Å². The van der Waals surface area contributed by atoms with E-state index in [0.29, 0.717) is 17.8 Å². The third-order valence-electron chi connectivity index (χ3n) is 5.30. The van der Waals surface area contributed by atoms with Gasteiger partial charge in [-0.05, 0) is 45.6 Å². The van der Waals surface area contributed by atoms with E-state index in [2.05, 4.69) is 15.5 Å². The number of carbonyl (C=O) groups excluding carboxylic acids is 2. The second-order valence-corrected chi connectivity index (χ2v) is 12.0. The monoisotopic (exact) mass is 522 g/mol. The number of sulfone groups is 1. The first-order valence-electron chi connectivity index (χ1n) is 11.9. The Kier molecular flexibility index (Phi) is 8.72. The number of aliphatic hydroxyl groups excluding tert-OH is 1. The van der Waals surface area contributed by atoms with Crippen molar-refractivity contribution in [2.24, 2.45) is 0 Å². The molecule has 3 rings (SSSR count). The van der Waals surface area contributed by atoms with Crippen LogP contribution >= 0.6 is 0 Å². The highest BCUT2D eigenvalue weighted by molar-refractivity contribution is 7.90. The molecule has 1 fully saturated rings. The van der Waals surface area contributed by atoms with Crippen molar-refractivity contribution in [3.05, 3.63) is 47.6 Å². The van der Waals surface area contributed by atoms with Crippen molar-refractivity contribution < 1.29 is 32.4 Å². The molecule has 2 aromatic rings. The van der Waals surface area contributed by atoms with Crippen molar-refractivity contribution in [3.8, 4) is 0 Å². The van der Waals surface area contributed by atoms with Crippen LogP contribution in [0.2, 0.25) is 0 Å². The summed E-state index contributed by atoms with van der Waals surface area (Å²) < 4.78 is 36.5. The van der Waals surface area contributed by atoms with E-state index in [9.17, 15) is 23.1 Å². The van der Waals surface area contributed by atoms with Crippen LogP contribution in [0.25, 0.3) is 0 Å². The summed E-state index contributed by atoms with van der Waals surface area (Å²) in [6.07, 6.45) is -0.253. The number of hydrogen-bond acceptors (Lipinski definition) is 9. The minimum Gasteiger partial charge on any atom is -0.444 e. The fraction of sp³-hybridized carbons (Fsp3) is 0.583. The molecule has 2 N–H and O–H groups in total. The molecule has 0 saturated heterocycles. The minimum atomic E-state index is -3.86. The molecule has 2 amide bonds. The van der Waals surface area contributed by atoms with Crippen molar-refractivity contribution in [2.45, 2.75) is 76.5 Å². The lowest BCUT2D eigenvalue weighted by Gasteiger charge is -2.30. The van der Waals surface area contributed by atoms with Crippen LogP contribution in [0.3, 0.4) is 0 Å². The molecule has 0 aliphatic heterocycles. The van der Waals surface area contributed by atoms with Crippen LogP contribution in [0, 0.1) is 0 Å². The number of alkyl carbamates (subject to hydrolysis) is 1.